The Morgan fingerprint density at radius 3 is 2.71 bits per heavy atom. The van der Waals surface area contributed by atoms with Crippen LogP contribution in [0.3, 0.4) is 0 Å². The van der Waals surface area contributed by atoms with Crippen molar-refractivity contribution in [2.24, 2.45) is 0 Å². The molecule has 2 heteroatoms. The van der Waals surface area contributed by atoms with Crippen molar-refractivity contribution in [2.45, 2.75) is 45.1 Å². The topological polar surface area (TPSA) is 12.0 Å². The van der Waals surface area contributed by atoms with Crippen LogP contribution in [0.2, 0.25) is 5.02 Å². The third-order valence-electron chi connectivity index (χ3n) is 4.30. The third kappa shape index (κ3) is 3.41. The molecule has 1 nitrogen and oxygen atoms in total. The normalized spacial score (nSPS) is 16.8. The molecule has 0 saturated carbocycles. The van der Waals surface area contributed by atoms with Gasteiger partial charge in [-0.05, 0) is 66.6 Å². The van der Waals surface area contributed by atoms with Crippen LogP contribution >= 0.6 is 11.6 Å². The zero-order valence-electron chi connectivity index (χ0n) is 12.5. The zero-order chi connectivity index (χ0) is 14.7. The van der Waals surface area contributed by atoms with Gasteiger partial charge in [-0.3, -0.25) is 0 Å². The van der Waals surface area contributed by atoms with Gasteiger partial charge in [0.2, 0.25) is 0 Å². The number of rotatable bonds is 5. The van der Waals surface area contributed by atoms with Crippen LogP contribution in [0.1, 0.15) is 48.9 Å². The van der Waals surface area contributed by atoms with Crippen molar-refractivity contribution in [1.82, 2.24) is 0 Å². The Labute approximate surface area is 132 Å². The highest BCUT2D eigenvalue weighted by molar-refractivity contribution is 6.30. The molecule has 1 unspecified atom stereocenters. The molecule has 1 atom stereocenters. The van der Waals surface area contributed by atoms with E-state index in [4.69, 9.17) is 11.6 Å². The number of halogens is 1. The van der Waals surface area contributed by atoms with Crippen molar-refractivity contribution in [3.05, 3.63) is 64.2 Å². The lowest BCUT2D eigenvalue weighted by Gasteiger charge is -2.16. The molecule has 0 aliphatic heterocycles. The Morgan fingerprint density at radius 1 is 1.14 bits per heavy atom. The molecule has 3 rings (SSSR count). The molecule has 0 radical (unpaired) electrons. The summed E-state index contributed by atoms with van der Waals surface area (Å²) in [5, 5.41) is 4.50. The van der Waals surface area contributed by atoms with E-state index in [0.29, 0.717) is 6.04 Å². The fraction of sp³-hybridized carbons (Fsp3) is 0.368. The van der Waals surface area contributed by atoms with Crippen LogP contribution in [0.4, 0.5) is 5.69 Å². The summed E-state index contributed by atoms with van der Waals surface area (Å²) in [5.41, 5.74) is 5.43. The van der Waals surface area contributed by atoms with Crippen LogP contribution in [0, 0.1) is 0 Å². The summed E-state index contributed by atoms with van der Waals surface area (Å²) in [6.45, 7) is 2.24. The summed E-state index contributed by atoms with van der Waals surface area (Å²) in [5.74, 6) is 0. The van der Waals surface area contributed by atoms with Gasteiger partial charge in [-0.2, -0.15) is 0 Å². The maximum absolute atomic E-state index is 6.07. The van der Waals surface area contributed by atoms with Crippen molar-refractivity contribution >= 4 is 17.3 Å². The average molecular weight is 300 g/mol. The number of benzene rings is 2. The Morgan fingerprint density at radius 2 is 1.95 bits per heavy atom. The molecule has 1 N–H and O–H groups in total. The molecule has 0 saturated heterocycles. The molecule has 0 bridgehead atoms. The van der Waals surface area contributed by atoms with Crippen molar-refractivity contribution in [1.29, 1.82) is 0 Å². The number of fused-ring (bicyclic) bond motifs is 1. The van der Waals surface area contributed by atoms with E-state index < -0.39 is 0 Å². The van der Waals surface area contributed by atoms with Crippen molar-refractivity contribution in [3.63, 3.8) is 0 Å². The smallest absolute Gasteiger partial charge is 0.0519 e. The average Bonchev–Trinajstić information content (AvgIpc) is 2.88. The SMILES string of the molecule is CCCCc1ccc(NC2CCc3cc(Cl)ccc32)cc1. The first-order valence-corrected chi connectivity index (χ1v) is 8.28. The highest BCUT2D eigenvalue weighted by atomic mass is 35.5. The fourth-order valence-electron chi connectivity index (χ4n) is 3.09. The largest absolute Gasteiger partial charge is 0.378 e. The van der Waals surface area contributed by atoms with Gasteiger partial charge in [-0.1, -0.05) is 43.1 Å². The fourth-order valence-corrected chi connectivity index (χ4v) is 3.28. The second kappa shape index (κ2) is 6.53. The summed E-state index contributed by atoms with van der Waals surface area (Å²) < 4.78 is 0. The van der Waals surface area contributed by atoms with Gasteiger partial charge in [0.1, 0.15) is 0 Å². The number of hydrogen-bond donors (Lipinski definition) is 1. The van der Waals surface area contributed by atoms with Gasteiger partial charge < -0.3 is 5.32 Å². The Hall–Kier alpha value is -1.47. The molecule has 2 aromatic rings. The molecule has 0 spiro atoms. The van der Waals surface area contributed by atoms with Gasteiger partial charge in [0, 0.05) is 10.7 Å². The maximum atomic E-state index is 6.07. The van der Waals surface area contributed by atoms with E-state index in [2.05, 4.69) is 48.6 Å². The van der Waals surface area contributed by atoms with Crippen molar-refractivity contribution in [3.8, 4) is 0 Å². The van der Waals surface area contributed by atoms with Crippen LogP contribution < -0.4 is 5.32 Å². The molecule has 0 amide bonds. The minimum atomic E-state index is 0.416. The Kier molecular flexibility index (Phi) is 4.50. The lowest BCUT2D eigenvalue weighted by Crippen LogP contribution is -2.06. The van der Waals surface area contributed by atoms with Crippen molar-refractivity contribution in [2.75, 3.05) is 5.32 Å². The molecule has 0 heterocycles. The second-order valence-electron chi connectivity index (χ2n) is 5.88. The van der Waals surface area contributed by atoms with Gasteiger partial charge in [-0.25, -0.2) is 0 Å². The summed E-state index contributed by atoms with van der Waals surface area (Å²) >= 11 is 6.07. The number of unbranched alkanes of at least 4 members (excludes halogenated alkanes) is 1. The minimum absolute atomic E-state index is 0.416. The molecule has 0 fully saturated rings. The van der Waals surface area contributed by atoms with E-state index >= 15 is 0 Å². The van der Waals surface area contributed by atoms with E-state index in [9.17, 15) is 0 Å². The number of hydrogen-bond acceptors (Lipinski definition) is 1. The molecule has 0 aromatic heterocycles. The standard InChI is InChI=1S/C19H22ClN/c1-2-3-4-14-5-9-17(10-6-14)21-19-12-7-15-13-16(20)8-11-18(15)19/h5-6,8-11,13,19,21H,2-4,7,12H2,1H3. The highest BCUT2D eigenvalue weighted by Gasteiger charge is 2.22. The van der Waals surface area contributed by atoms with Gasteiger partial charge >= 0.3 is 0 Å². The van der Waals surface area contributed by atoms with E-state index in [-0.39, 0.29) is 0 Å². The Bertz CT molecular complexity index is 603. The molecule has 2 aromatic carbocycles. The second-order valence-corrected chi connectivity index (χ2v) is 6.32. The maximum Gasteiger partial charge on any atom is 0.0519 e. The summed E-state index contributed by atoms with van der Waals surface area (Å²) in [6.07, 6.45) is 5.96. The first-order chi connectivity index (χ1) is 10.3. The van der Waals surface area contributed by atoms with Crippen LogP contribution in [-0.2, 0) is 12.8 Å². The summed E-state index contributed by atoms with van der Waals surface area (Å²) in [4.78, 5) is 0. The van der Waals surface area contributed by atoms with Gasteiger partial charge in [0.05, 0.1) is 6.04 Å². The lowest BCUT2D eigenvalue weighted by atomic mass is 10.1. The van der Waals surface area contributed by atoms with E-state index in [1.807, 2.05) is 6.07 Å². The molecular formula is C19H22ClN. The predicted molar refractivity (Wildman–Crippen MR) is 91.2 cm³/mol. The number of anilines is 1. The Balaban J connectivity index is 1.68. The van der Waals surface area contributed by atoms with Crippen LogP contribution in [0.5, 0.6) is 0 Å². The summed E-state index contributed by atoms with van der Waals surface area (Å²) in [7, 11) is 0. The van der Waals surface area contributed by atoms with E-state index in [0.717, 1.165) is 17.9 Å². The lowest BCUT2D eigenvalue weighted by molar-refractivity contribution is 0.761. The third-order valence-corrected chi connectivity index (χ3v) is 4.53. The predicted octanol–water partition coefficient (Wildman–Crippen LogP) is 5.78. The molecular weight excluding hydrogens is 278 g/mol. The number of nitrogens with one attached hydrogen (secondary N) is 1. The molecule has 110 valence electrons. The van der Waals surface area contributed by atoms with Crippen molar-refractivity contribution < 1.29 is 0 Å². The zero-order valence-corrected chi connectivity index (χ0v) is 13.3. The van der Waals surface area contributed by atoms with E-state index in [1.165, 1.54) is 41.6 Å². The van der Waals surface area contributed by atoms with Crippen LogP contribution in [-0.4, -0.2) is 0 Å². The minimum Gasteiger partial charge on any atom is -0.378 e. The molecule has 1 aliphatic carbocycles. The van der Waals surface area contributed by atoms with Crippen LogP contribution in [0.15, 0.2) is 42.5 Å². The molecule has 1 aliphatic rings. The quantitative estimate of drug-likeness (QED) is 0.737. The first kappa shape index (κ1) is 14.5. The van der Waals surface area contributed by atoms with Gasteiger partial charge in [-0.15, -0.1) is 0 Å². The first-order valence-electron chi connectivity index (χ1n) is 7.90. The monoisotopic (exact) mass is 299 g/mol. The summed E-state index contributed by atoms with van der Waals surface area (Å²) in [6, 6.07) is 15.6. The van der Waals surface area contributed by atoms with Gasteiger partial charge in [0.15, 0.2) is 0 Å². The van der Waals surface area contributed by atoms with Gasteiger partial charge in [0.25, 0.3) is 0 Å². The van der Waals surface area contributed by atoms with Crippen LogP contribution in [0.25, 0.3) is 0 Å². The van der Waals surface area contributed by atoms with E-state index in [1.54, 1.807) is 0 Å². The number of aryl methyl sites for hydroxylation is 2. The molecule has 21 heavy (non-hydrogen) atoms. The highest BCUT2D eigenvalue weighted by Crippen LogP contribution is 2.35.